The number of nitrogens with zero attached hydrogens (tertiary/aromatic N) is 3. The molecule has 0 saturated carbocycles. The van der Waals surface area contributed by atoms with Crippen molar-refractivity contribution >= 4 is 12.4 Å². The van der Waals surface area contributed by atoms with Gasteiger partial charge in [-0.2, -0.15) is 5.10 Å². The first-order valence-electron chi connectivity index (χ1n) is 6.61. The van der Waals surface area contributed by atoms with Gasteiger partial charge < -0.3 is 5.32 Å². The van der Waals surface area contributed by atoms with Crippen molar-refractivity contribution in [3.05, 3.63) is 18.0 Å². The molecule has 0 bridgehead atoms. The molecule has 2 rings (SSSR count). The van der Waals surface area contributed by atoms with Crippen molar-refractivity contribution in [2.45, 2.75) is 45.3 Å². The normalized spacial score (nSPS) is 18.0. The summed E-state index contributed by atoms with van der Waals surface area (Å²) in [4.78, 5) is 2.52. The average Bonchev–Trinajstić information content (AvgIpc) is 2.79. The van der Waals surface area contributed by atoms with Crippen LogP contribution in [-0.2, 0) is 6.54 Å². The van der Waals surface area contributed by atoms with Crippen LogP contribution in [0.1, 0.15) is 38.3 Å². The van der Waals surface area contributed by atoms with E-state index in [9.17, 15) is 0 Å². The predicted octanol–water partition coefficient (Wildman–Crippen LogP) is 2.07. The van der Waals surface area contributed by atoms with Gasteiger partial charge >= 0.3 is 0 Å². The molecular weight excluding hydrogens is 248 g/mol. The summed E-state index contributed by atoms with van der Waals surface area (Å²) in [7, 11) is 2.06. The Labute approximate surface area is 116 Å². The van der Waals surface area contributed by atoms with Crippen LogP contribution in [0.15, 0.2) is 12.4 Å². The second-order valence-corrected chi connectivity index (χ2v) is 5.26. The number of nitrogens with one attached hydrogen (secondary N) is 1. The van der Waals surface area contributed by atoms with Crippen molar-refractivity contribution in [3.63, 3.8) is 0 Å². The highest BCUT2D eigenvalue weighted by atomic mass is 35.5. The number of aromatic nitrogens is 2. The van der Waals surface area contributed by atoms with Gasteiger partial charge in [-0.25, -0.2) is 0 Å². The third kappa shape index (κ3) is 3.97. The smallest absolute Gasteiger partial charge is 0.0534 e. The zero-order chi connectivity index (χ0) is 12.3. The number of piperidine rings is 1. The first-order chi connectivity index (χ1) is 8.19. The van der Waals surface area contributed by atoms with Gasteiger partial charge in [0.2, 0.25) is 0 Å². The second kappa shape index (κ2) is 7.12. The van der Waals surface area contributed by atoms with E-state index in [4.69, 9.17) is 0 Å². The largest absolute Gasteiger partial charge is 0.317 e. The summed E-state index contributed by atoms with van der Waals surface area (Å²) in [5.41, 5.74) is 1.33. The Morgan fingerprint density at radius 2 is 2.06 bits per heavy atom. The molecule has 1 saturated heterocycles. The Bertz CT molecular complexity index is 343. The van der Waals surface area contributed by atoms with Crippen LogP contribution >= 0.6 is 12.4 Å². The van der Waals surface area contributed by atoms with E-state index in [2.05, 4.69) is 42.4 Å². The third-order valence-corrected chi connectivity index (χ3v) is 3.59. The molecule has 0 amide bonds. The highest BCUT2D eigenvalue weighted by molar-refractivity contribution is 5.85. The van der Waals surface area contributed by atoms with Gasteiger partial charge in [0, 0.05) is 30.4 Å². The van der Waals surface area contributed by atoms with Gasteiger partial charge in [0.15, 0.2) is 0 Å². The van der Waals surface area contributed by atoms with Crippen LogP contribution in [0, 0.1) is 0 Å². The van der Waals surface area contributed by atoms with E-state index in [1.54, 1.807) is 0 Å². The standard InChI is InChI=1S/C13H24N4.ClH/c1-11(2)17-10-12(8-15-17)9-16-6-4-13(14-3)5-7-16;/h8,10-11,13-14H,4-7,9H2,1-3H3;1H. The Hall–Kier alpha value is -0.580. The summed E-state index contributed by atoms with van der Waals surface area (Å²) in [6.07, 6.45) is 6.70. The molecule has 4 nitrogen and oxygen atoms in total. The van der Waals surface area contributed by atoms with E-state index in [1.165, 1.54) is 31.5 Å². The number of hydrogen-bond donors (Lipinski definition) is 1. The van der Waals surface area contributed by atoms with Crippen LogP contribution in [0.4, 0.5) is 0 Å². The molecule has 1 aromatic heterocycles. The Morgan fingerprint density at radius 1 is 1.39 bits per heavy atom. The van der Waals surface area contributed by atoms with Crippen molar-refractivity contribution < 1.29 is 0 Å². The molecule has 1 N–H and O–H groups in total. The summed E-state index contributed by atoms with van der Waals surface area (Å²) in [5, 5.41) is 7.75. The molecule has 0 aromatic carbocycles. The number of halogens is 1. The maximum Gasteiger partial charge on any atom is 0.0534 e. The van der Waals surface area contributed by atoms with Crippen molar-refractivity contribution in [1.82, 2.24) is 20.0 Å². The van der Waals surface area contributed by atoms with Crippen LogP contribution < -0.4 is 5.32 Å². The van der Waals surface area contributed by atoms with E-state index in [-0.39, 0.29) is 12.4 Å². The maximum atomic E-state index is 4.39. The van der Waals surface area contributed by atoms with Gasteiger partial charge in [-0.15, -0.1) is 12.4 Å². The lowest BCUT2D eigenvalue weighted by Crippen LogP contribution is -2.40. The van der Waals surface area contributed by atoms with Gasteiger partial charge in [-0.1, -0.05) is 0 Å². The van der Waals surface area contributed by atoms with Gasteiger partial charge in [-0.3, -0.25) is 9.58 Å². The second-order valence-electron chi connectivity index (χ2n) is 5.26. The van der Waals surface area contributed by atoms with Crippen molar-refractivity contribution in [2.75, 3.05) is 20.1 Å². The third-order valence-electron chi connectivity index (χ3n) is 3.59. The van der Waals surface area contributed by atoms with Crippen LogP contribution in [0.25, 0.3) is 0 Å². The highest BCUT2D eigenvalue weighted by Gasteiger charge is 2.18. The zero-order valence-electron chi connectivity index (χ0n) is 11.6. The summed E-state index contributed by atoms with van der Waals surface area (Å²) < 4.78 is 2.04. The zero-order valence-corrected chi connectivity index (χ0v) is 12.4. The van der Waals surface area contributed by atoms with Crippen LogP contribution in [-0.4, -0.2) is 40.9 Å². The summed E-state index contributed by atoms with van der Waals surface area (Å²) in [6.45, 7) is 7.75. The fraction of sp³-hybridized carbons (Fsp3) is 0.769. The maximum absolute atomic E-state index is 4.39. The van der Waals surface area contributed by atoms with Crippen LogP contribution in [0.5, 0.6) is 0 Å². The van der Waals surface area contributed by atoms with E-state index in [1.807, 2.05) is 10.9 Å². The average molecular weight is 273 g/mol. The molecule has 1 aliphatic rings. The molecule has 0 atom stereocenters. The van der Waals surface area contributed by atoms with Gasteiger partial charge in [0.05, 0.1) is 6.20 Å². The number of rotatable bonds is 4. The van der Waals surface area contributed by atoms with E-state index < -0.39 is 0 Å². The van der Waals surface area contributed by atoms with Crippen molar-refractivity contribution in [1.29, 1.82) is 0 Å². The Kier molecular flexibility index (Phi) is 6.12. The molecule has 0 spiro atoms. The molecule has 5 heteroatoms. The molecule has 1 aromatic rings. The molecule has 104 valence electrons. The Morgan fingerprint density at radius 3 is 2.56 bits per heavy atom. The summed E-state index contributed by atoms with van der Waals surface area (Å²) in [5.74, 6) is 0. The minimum atomic E-state index is 0. The van der Waals surface area contributed by atoms with Gasteiger partial charge in [0.1, 0.15) is 0 Å². The lowest BCUT2D eigenvalue weighted by Gasteiger charge is -2.31. The first kappa shape index (κ1) is 15.5. The topological polar surface area (TPSA) is 33.1 Å². The minimum absolute atomic E-state index is 0. The first-order valence-corrected chi connectivity index (χ1v) is 6.61. The lowest BCUT2D eigenvalue weighted by molar-refractivity contribution is 0.194. The fourth-order valence-corrected chi connectivity index (χ4v) is 2.38. The molecule has 1 aliphatic heterocycles. The molecule has 0 radical (unpaired) electrons. The summed E-state index contributed by atoms with van der Waals surface area (Å²) in [6, 6.07) is 1.17. The predicted molar refractivity (Wildman–Crippen MR) is 77.2 cm³/mol. The highest BCUT2D eigenvalue weighted by Crippen LogP contribution is 2.14. The minimum Gasteiger partial charge on any atom is -0.317 e. The van der Waals surface area contributed by atoms with Crippen LogP contribution in [0.2, 0.25) is 0 Å². The van der Waals surface area contributed by atoms with Crippen molar-refractivity contribution in [3.8, 4) is 0 Å². The van der Waals surface area contributed by atoms with E-state index in [0.717, 1.165) is 6.54 Å². The Balaban J connectivity index is 0.00000162. The SMILES string of the molecule is CNC1CCN(Cc2cnn(C(C)C)c2)CC1.Cl. The summed E-state index contributed by atoms with van der Waals surface area (Å²) >= 11 is 0. The molecule has 18 heavy (non-hydrogen) atoms. The van der Waals surface area contributed by atoms with Gasteiger partial charge in [-0.05, 0) is 46.8 Å². The monoisotopic (exact) mass is 272 g/mol. The van der Waals surface area contributed by atoms with E-state index in [0.29, 0.717) is 12.1 Å². The molecular formula is C13H25ClN4. The number of likely N-dealkylation sites (tertiary alicyclic amines) is 1. The molecule has 0 unspecified atom stereocenters. The lowest BCUT2D eigenvalue weighted by atomic mass is 10.1. The molecule has 2 heterocycles. The molecule has 0 aliphatic carbocycles. The fourth-order valence-electron chi connectivity index (χ4n) is 2.38. The number of hydrogen-bond acceptors (Lipinski definition) is 3. The van der Waals surface area contributed by atoms with Crippen LogP contribution in [0.3, 0.4) is 0 Å². The quantitative estimate of drug-likeness (QED) is 0.911. The van der Waals surface area contributed by atoms with Gasteiger partial charge in [0.25, 0.3) is 0 Å². The van der Waals surface area contributed by atoms with Crippen molar-refractivity contribution in [2.24, 2.45) is 0 Å². The van der Waals surface area contributed by atoms with E-state index >= 15 is 0 Å². The molecule has 1 fully saturated rings.